The van der Waals surface area contributed by atoms with Crippen molar-refractivity contribution in [3.8, 4) is 0 Å². The standard InChI is InChI=1S/C14H27N3O.2ClH/c1-15-8-4-7-14(18)16-11-9-12-5-3-6-13(10-11)17(12)2;;/h11-13,15H,3-10H2,1-2H3,(H,16,18);2*1H. The van der Waals surface area contributed by atoms with Gasteiger partial charge in [-0.05, 0) is 52.7 Å². The van der Waals surface area contributed by atoms with E-state index < -0.39 is 0 Å². The Balaban J connectivity index is 0.00000180. The van der Waals surface area contributed by atoms with E-state index in [0.29, 0.717) is 24.5 Å². The third-order valence-electron chi connectivity index (χ3n) is 4.54. The molecular weight excluding hydrogens is 297 g/mol. The number of piperidine rings is 2. The van der Waals surface area contributed by atoms with Gasteiger partial charge in [-0.15, -0.1) is 24.8 Å². The van der Waals surface area contributed by atoms with E-state index >= 15 is 0 Å². The Hall–Kier alpha value is -0.0300. The quantitative estimate of drug-likeness (QED) is 0.759. The lowest BCUT2D eigenvalue weighted by atomic mass is 9.82. The first-order valence-corrected chi connectivity index (χ1v) is 7.36. The molecule has 0 aromatic carbocycles. The third kappa shape index (κ3) is 5.40. The van der Waals surface area contributed by atoms with Crippen molar-refractivity contribution >= 4 is 30.7 Å². The first-order valence-electron chi connectivity index (χ1n) is 7.36. The van der Waals surface area contributed by atoms with Gasteiger partial charge in [0.2, 0.25) is 5.91 Å². The van der Waals surface area contributed by atoms with Crippen molar-refractivity contribution in [3.05, 3.63) is 0 Å². The molecule has 2 saturated heterocycles. The van der Waals surface area contributed by atoms with Crippen molar-refractivity contribution in [2.24, 2.45) is 0 Å². The molecule has 2 unspecified atom stereocenters. The fourth-order valence-corrected chi connectivity index (χ4v) is 3.46. The second kappa shape index (κ2) is 9.82. The molecule has 20 heavy (non-hydrogen) atoms. The molecule has 2 bridgehead atoms. The Bertz CT molecular complexity index is 278. The molecule has 6 heteroatoms. The zero-order valence-electron chi connectivity index (χ0n) is 12.6. The van der Waals surface area contributed by atoms with Gasteiger partial charge in [0.1, 0.15) is 0 Å². The second-order valence-electron chi connectivity index (χ2n) is 5.85. The molecule has 120 valence electrons. The molecule has 2 rings (SSSR count). The highest BCUT2D eigenvalue weighted by atomic mass is 35.5. The minimum Gasteiger partial charge on any atom is -0.353 e. The predicted molar refractivity (Wildman–Crippen MR) is 88.0 cm³/mol. The van der Waals surface area contributed by atoms with E-state index in [-0.39, 0.29) is 30.7 Å². The normalized spacial score (nSPS) is 29.0. The molecule has 2 heterocycles. The van der Waals surface area contributed by atoms with Crippen LogP contribution in [0.3, 0.4) is 0 Å². The minimum absolute atomic E-state index is 0. The van der Waals surface area contributed by atoms with Gasteiger partial charge in [0.05, 0.1) is 0 Å². The van der Waals surface area contributed by atoms with E-state index in [1.54, 1.807) is 0 Å². The van der Waals surface area contributed by atoms with Crippen LogP contribution in [0.4, 0.5) is 0 Å². The third-order valence-corrected chi connectivity index (χ3v) is 4.54. The minimum atomic E-state index is 0. The summed E-state index contributed by atoms with van der Waals surface area (Å²) in [5, 5.41) is 6.31. The number of rotatable bonds is 5. The van der Waals surface area contributed by atoms with Crippen molar-refractivity contribution in [3.63, 3.8) is 0 Å². The lowest BCUT2D eigenvalue weighted by molar-refractivity contribution is -0.122. The van der Waals surface area contributed by atoms with Gasteiger partial charge < -0.3 is 15.5 Å². The monoisotopic (exact) mass is 325 g/mol. The molecule has 0 aromatic rings. The van der Waals surface area contributed by atoms with Gasteiger partial charge >= 0.3 is 0 Å². The lowest BCUT2D eigenvalue weighted by Crippen LogP contribution is -2.55. The van der Waals surface area contributed by atoms with E-state index in [1.165, 1.54) is 19.3 Å². The Morgan fingerprint density at radius 3 is 2.35 bits per heavy atom. The van der Waals surface area contributed by atoms with Crippen LogP contribution in [0.5, 0.6) is 0 Å². The summed E-state index contributed by atoms with van der Waals surface area (Å²) >= 11 is 0. The van der Waals surface area contributed by atoms with Gasteiger partial charge in [-0.3, -0.25) is 4.79 Å². The summed E-state index contributed by atoms with van der Waals surface area (Å²) in [6.07, 6.45) is 7.85. The first-order chi connectivity index (χ1) is 8.70. The van der Waals surface area contributed by atoms with E-state index in [4.69, 9.17) is 0 Å². The Morgan fingerprint density at radius 2 is 1.80 bits per heavy atom. The molecule has 0 radical (unpaired) electrons. The summed E-state index contributed by atoms with van der Waals surface area (Å²) in [6, 6.07) is 1.80. The van der Waals surface area contributed by atoms with Gasteiger partial charge in [0, 0.05) is 24.5 Å². The van der Waals surface area contributed by atoms with Crippen LogP contribution >= 0.6 is 24.8 Å². The highest BCUT2D eigenvalue weighted by molar-refractivity contribution is 5.85. The van der Waals surface area contributed by atoms with Crippen molar-refractivity contribution in [1.29, 1.82) is 0 Å². The van der Waals surface area contributed by atoms with Crippen LogP contribution in [0.25, 0.3) is 0 Å². The summed E-state index contributed by atoms with van der Waals surface area (Å²) < 4.78 is 0. The molecule has 0 spiro atoms. The van der Waals surface area contributed by atoms with Gasteiger partial charge in [-0.1, -0.05) is 6.42 Å². The number of hydrogen-bond donors (Lipinski definition) is 2. The van der Waals surface area contributed by atoms with E-state index in [9.17, 15) is 4.79 Å². The number of hydrogen-bond acceptors (Lipinski definition) is 3. The molecule has 2 aliphatic rings. The maximum atomic E-state index is 11.8. The zero-order valence-corrected chi connectivity index (χ0v) is 14.2. The number of carbonyl (C=O) groups excluding carboxylic acids is 1. The number of fused-ring (bicyclic) bond motifs is 2. The molecular formula is C14H29Cl2N3O. The van der Waals surface area contributed by atoms with Crippen molar-refractivity contribution < 1.29 is 4.79 Å². The largest absolute Gasteiger partial charge is 0.353 e. The van der Waals surface area contributed by atoms with Crippen LogP contribution in [-0.4, -0.2) is 49.6 Å². The smallest absolute Gasteiger partial charge is 0.220 e. The van der Waals surface area contributed by atoms with E-state index in [1.807, 2.05) is 7.05 Å². The van der Waals surface area contributed by atoms with E-state index in [2.05, 4.69) is 22.6 Å². The molecule has 4 nitrogen and oxygen atoms in total. The predicted octanol–water partition coefficient (Wildman–Crippen LogP) is 1.96. The van der Waals surface area contributed by atoms with Crippen LogP contribution < -0.4 is 10.6 Å². The SMILES string of the molecule is CNCCCC(=O)NC1CC2CCCC(C1)N2C.Cl.Cl. The molecule has 0 aliphatic carbocycles. The number of nitrogens with zero attached hydrogens (tertiary/aromatic N) is 1. The van der Waals surface area contributed by atoms with Crippen LogP contribution in [-0.2, 0) is 4.79 Å². The lowest BCUT2D eigenvalue weighted by Gasteiger charge is -2.47. The molecule has 2 atom stereocenters. The van der Waals surface area contributed by atoms with E-state index in [0.717, 1.165) is 25.8 Å². The molecule has 0 saturated carbocycles. The summed E-state index contributed by atoms with van der Waals surface area (Å²) in [5.41, 5.74) is 0. The van der Waals surface area contributed by atoms with Gasteiger partial charge in [-0.25, -0.2) is 0 Å². The number of halogens is 2. The van der Waals surface area contributed by atoms with Crippen LogP contribution in [0, 0.1) is 0 Å². The Morgan fingerprint density at radius 1 is 1.20 bits per heavy atom. The Labute approximate surface area is 135 Å². The first kappa shape index (κ1) is 20.0. The summed E-state index contributed by atoms with van der Waals surface area (Å²) in [7, 11) is 4.18. The van der Waals surface area contributed by atoms with Crippen molar-refractivity contribution in [1.82, 2.24) is 15.5 Å². The molecule has 0 aromatic heterocycles. The highest BCUT2D eigenvalue weighted by Crippen LogP contribution is 2.32. The second-order valence-corrected chi connectivity index (χ2v) is 5.85. The highest BCUT2D eigenvalue weighted by Gasteiger charge is 2.36. The van der Waals surface area contributed by atoms with Gasteiger partial charge in [0.25, 0.3) is 0 Å². The fraction of sp³-hybridized carbons (Fsp3) is 0.929. The van der Waals surface area contributed by atoms with Gasteiger partial charge in [-0.2, -0.15) is 0 Å². The van der Waals surface area contributed by atoms with Crippen LogP contribution in [0.2, 0.25) is 0 Å². The van der Waals surface area contributed by atoms with Crippen molar-refractivity contribution in [2.75, 3.05) is 20.6 Å². The maximum absolute atomic E-state index is 11.8. The topological polar surface area (TPSA) is 44.4 Å². The van der Waals surface area contributed by atoms with Gasteiger partial charge in [0.15, 0.2) is 0 Å². The van der Waals surface area contributed by atoms with Crippen molar-refractivity contribution in [2.45, 2.75) is 63.1 Å². The maximum Gasteiger partial charge on any atom is 0.220 e. The number of amides is 1. The number of carbonyl (C=O) groups is 1. The van der Waals surface area contributed by atoms with Crippen LogP contribution in [0.15, 0.2) is 0 Å². The molecule has 2 N–H and O–H groups in total. The Kier molecular flexibility index (Phi) is 9.81. The molecule has 2 aliphatic heterocycles. The van der Waals surface area contributed by atoms with Crippen LogP contribution in [0.1, 0.15) is 44.9 Å². The fourth-order valence-electron chi connectivity index (χ4n) is 3.46. The molecule has 1 amide bonds. The summed E-state index contributed by atoms with van der Waals surface area (Å²) in [5.74, 6) is 0.234. The summed E-state index contributed by atoms with van der Waals surface area (Å²) in [4.78, 5) is 14.4. The molecule has 2 fully saturated rings. The average Bonchev–Trinajstić information content (AvgIpc) is 2.31. The number of nitrogens with one attached hydrogen (secondary N) is 2. The average molecular weight is 326 g/mol. The zero-order chi connectivity index (χ0) is 13.0. The summed E-state index contributed by atoms with van der Waals surface area (Å²) in [6.45, 7) is 0.923.